The summed E-state index contributed by atoms with van der Waals surface area (Å²) >= 11 is 0. The number of para-hydroxylation sites is 1. The number of benzene rings is 2. The molecule has 0 unspecified atom stereocenters. The first-order valence-electron chi connectivity index (χ1n) is 12.1. The predicted octanol–water partition coefficient (Wildman–Crippen LogP) is 3.98. The average Bonchev–Trinajstić information content (AvgIpc) is 3.39. The molecule has 2 aromatic carbocycles. The van der Waals surface area contributed by atoms with Crippen LogP contribution in [0.3, 0.4) is 0 Å². The van der Waals surface area contributed by atoms with Crippen molar-refractivity contribution in [2.24, 2.45) is 0 Å². The van der Waals surface area contributed by atoms with Crippen molar-refractivity contribution < 1.29 is 18.0 Å². The van der Waals surface area contributed by atoms with E-state index in [0.717, 1.165) is 56.3 Å². The Balaban J connectivity index is 1.38. The molecule has 2 heterocycles. The highest BCUT2D eigenvalue weighted by Crippen LogP contribution is 2.25. The Labute approximate surface area is 202 Å². The topological polar surface area (TPSA) is 86.8 Å². The number of piperidine rings is 1. The molecule has 7 nitrogen and oxygen atoms in total. The van der Waals surface area contributed by atoms with Crippen LogP contribution in [0.4, 0.5) is 5.69 Å². The zero-order valence-corrected chi connectivity index (χ0v) is 20.6. The van der Waals surface area contributed by atoms with Gasteiger partial charge in [-0.1, -0.05) is 30.7 Å². The molecule has 2 saturated heterocycles. The first-order chi connectivity index (χ1) is 16.4. The fourth-order valence-corrected chi connectivity index (χ4v) is 6.16. The lowest BCUT2D eigenvalue weighted by Crippen LogP contribution is -2.35. The van der Waals surface area contributed by atoms with E-state index in [1.807, 2.05) is 24.0 Å². The number of rotatable bonds is 7. The Morgan fingerprint density at radius 3 is 2.21 bits per heavy atom. The molecule has 182 valence electrons. The lowest BCUT2D eigenvalue weighted by molar-refractivity contribution is -0.116. The molecule has 0 spiro atoms. The van der Waals surface area contributed by atoms with E-state index in [4.69, 9.17) is 0 Å². The van der Waals surface area contributed by atoms with Crippen LogP contribution in [0.25, 0.3) is 0 Å². The molecule has 0 bridgehead atoms. The van der Waals surface area contributed by atoms with Gasteiger partial charge in [-0.15, -0.1) is 0 Å². The lowest BCUT2D eigenvalue weighted by Gasteiger charge is -2.25. The van der Waals surface area contributed by atoms with Gasteiger partial charge in [-0.2, -0.15) is 4.31 Å². The van der Waals surface area contributed by atoms with Crippen molar-refractivity contribution >= 4 is 27.5 Å². The van der Waals surface area contributed by atoms with E-state index < -0.39 is 10.0 Å². The molecule has 8 heteroatoms. The molecule has 0 atom stereocenters. The second kappa shape index (κ2) is 10.7. The summed E-state index contributed by atoms with van der Waals surface area (Å²) in [5, 5.41) is 2.94. The molecule has 34 heavy (non-hydrogen) atoms. The molecule has 0 radical (unpaired) electrons. The smallest absolute Gasteiger partial charge is 0.255 e. The normalized spacial score (nSPS) is 17.0. The van der Waals surface area contributed by atoms with Crippen LogP contribution < -0.4 is 5.32 Å². The summed E-state index contributed by atoms with van der Waals surface area (Å²) in [5.74, 6) is -0.211. The van der Waals surface area contributed by atoms with Crippen molar-refractivity contribution in [3.8, 4) is 0 Å². The first kappa shape index (κ1) is 24.4. The average molecular weight is 484 g/mol. The van der Waals surface area contributed by atoms with Crippen LogP contribution in [0.15, 0.2) is 47.4 Å². The minimum Gasteiger partial charge on any atom is -0.339 e. The number of anilines is 1. The van der Waals surface area contributed by atoms with Gasteiger partial charge in [0.1, 0.15) is 0 Å². The van der Waals surface area contributed by atoms with E-state index in [2.05, 4.69) is 5.32 Å². The van der Waals surface area contributed by atoms with E-state index in [0.29, 0.717) is 35.7 Å². The highest BCUT2D eigenvalue weighted by Gasteiger charge is 2.26. The zero-order valence-electron chi connectivity index (χ0n) is 19.8. The minimum absolute atomic E-state index is 0.0398. The van der Waals surface area contributed by atoms with Crippen LogP contribution in [-0.4, -0.2) is 55.6 Å². The van der Waals surface area contributed by atoms with E-state index in [-0.39, 0.29) is 18.2 Å². The molecule has 2 aromatic rings. The Hall–Kier alpha value is -2.71. The second-order valence-electron chi connectivity index (χ2n) is 9.15. The third-order valence-electron chi connectivity index (χ3n) is 6.68. The van der Waals surface area contributed by atoms with Crippen molar-refractivity contribution in [2.45, 2.75) is 56.8 Å². The summed E-state index contributed by atoms with van der Waals surface area (Å²) in [7, 11) is -3.46. The van der Waals surface area contributed by atoms with Crippen molar-refractivity contribution in [1.82, 2.24) is 9.21 Å². The van der Waals surface area contributed by atoms with Gasteiger partial charge in [0.15, 0.2) is 0 Å². The second-order valence-corrected chi connectivity index (χ2v) is 11.1. The summed E-state index contributed by atoms with van der Waals surface area (Å²) in [4.78, 5) is 27.8. The summed E-state index contributed by atoms with van der Waals surface area (Å²) in [6, 6.07) is 12.3. The van der Waals surface area contributed by atoms with Crippen molar-refractivity contribution in [1.29, 1.82) is 0 Å². The minimum atomic E-state index is -3.46. The summed E-state index contributed by atoms with van der Waals surface area (Å²) in [6.45, 7) is 4.54. The first-order valence-corrected chi connectivity index (χ1v) is 13.6. The maximum atomic E-state index is 12.9. The quantitative estimate of drug-likeness (QED) is 0.645. The summed E-state index contributed by atoms with van der Waals surface area (Å²) in [5.41, 5.74) is 2.85. The van der Waals surface area contributed by atoms with E-state index in [9.17, 15) is 18.0 Å². The lowest BCUT2D eigenvalue weighted by atomic mass is 10.1. The highest BCUT2D eigenvalue weighted by molar-refractivity contribution is 7.89. The molecule has 2 fully saturated rings. The number of aryl methyl sites for hydroxylation is 2. The number of carbonyl (C=O) groups excluding carboxylic acids is 2. The van der Waals surface area contributed by atoms with E-state index in [1.54, 1.807) is 34.6 Å². The number of hydrogen-bond donors (Lipinski definition) is 1. The fourth-order valence-electron chi connectivity index (χ4n) is 4.64. The molecule has 4 rings (SSSR count). The van der Waals surface area contributed by atoms with Gasteiger partial charge in [0.2, 0.25) is 15.9 Å². The number of carbonyl (C=O) groups is 2. The molecule has 2 aliphatic rings. The van der Waals surface area contributed by atoms with Crippen molar-refractivity contribution in [3.05, 3.63) is 59.2 Å². The van der Waals surface area contributed by atoms with Gasteiger partial charge >= 0.3 is 0 Å². The van der Waals surface area contributed by atoms with Crippen LogP contribution in [0.2, 0.25) is 0 Å². The maximum absolute atomic E-state index is 12.9. The number of amides is 2. The van der Waals surface area contributed by atoms with Gasteiger partial charge in [-0.05, 0) is 68.4 Å². The Kier molecular flexibility index (Phi) is 7.68. The molecular formula is C26H33N3O4S. The van der Waals surface area contributed by atoms with Crippen LogP contribution in [-0.2, 0) is 21.2 Å². The fraction of sp³-hybridized carbons (Fsp3) is 0.462. The van der Waals surface area contributed by atoms with Gasteiger partial charge < -0.3 is 10.2 Å². The monoisotopic (exact) mass is 483 g/mol. The van der Waals surface area contributed by atoms with Gasteiger partial charge in [0.05, 0.1) is 16.1 Å². The highest BCUT2D eigenvalue weighted by atomic mass is 32.2. The number of hydrogen-bond acceptors (Lipinski definition) is 4. The van der Waals surface area contributed by atoms with E-state index >= 15 is 0 Å². The van der Waals surface area contributed by atoms with Gasteiger partial charge in [0.25, 0.3) is 5.91 Å². The Bertz CT molecular complexity index is 1130. The third kappa shape index (κ3) is 5.50. The Morgan fingerprint density at radius 1 is 0.882 bits per heavy atom. The number of sulfonamides is 1. The third-order valence-corrected chi connectivity index (χ3v) is 8.59. The van der Waals surface area contributed by atoms with Gasteiger partial charge in [0, 0.05) is 32.6 Å². The van der Waals surface area contributed by atoms with E-state index in [1.165, 1.54) is 0 Å². The summed E-state index contributed by atoms with van der Waals surface area (Å²) < 4.78 is 27.2. The van der Waals surface area contributed by atoms with Crippen LogP contribution in [0, 0.1) is 6.92 Å². The number of nitrogens with one attached hydrogen (secondary N) is 1. The molecule has 0 aromatic heterocycles. The predicted molar refractivity (Wildman–Crippen MR) is 132 cm³/mol. The summed E-state index contributed by atoms with van der Waals surface area (Å²) in [6.07, 6.45) is 5.62. The SMILES string of the molecule is Cc1cccc(C(=O)N2CCCC2)c1NC(=O)CCc1ccc(S(=O)(=O)N2CCCCC2)cc1. The van der Waals surface area contributed by atoms with Crippen LogP contribution >= 0.6 is 0 Å². The van der Waals surface area contributed by atoms with Gasteiger partial charge in [-0.25, -0.2) is 8.42 Å². The molecule has 0 saturated carbocycles. The molecular weight excluding hydrogens is 450 g/mol. The molecule has 2 aliphatic heterocycles. The molecule has 2 amide bonds. The zero-order chi connectivity index (χ0) is 24.1. The van der Waals surface area contributed by atoms with Crippen LogP contribution in [0.5, 0.6) is 0 Å². The number of likely N-dealkylation sites (tertiary alicyclic amines) is 1. The standard InChI is InChI=1S/C26H33N3O4S/c1-20-8-7-9-23(26(31)28-16-5-6-17-28)25(20)27-24(30)15-12-21-10-13-22(14-11-21)34(32,33)29-18-3-2-4-19-29/h7-11,13-14H,2-6,12,15-19H2,1H3,(H,27,30). The molecule has 1 N–H and O–H groups in total. The largest absolute Gasteiger partial charge is 0.339 e. The van der Waals surface area contributed by atoms with Gasteiger partial charge in [-0.3, -0.25) is 9.59 Å². The maximum Gasteiger partial charge on any atom is 0.255 e. The molecule has 0 aliphatic carbocycles. The Morgan fingerprint density at radius 2 is 1.53 bits per heavy atom. The van der Waals surface area contributed by atoms with Crippen LogP contribution in [0.1, 0.15) is 60.0 Å². The number of nitrogens with zero attached hydrogens (tertiary/aromatic N) is 2. The van der Waals surface area contributed by atoms with Crippen molar-refractivity contribution in [3.63, 3.8) is 0 Å². The van der Waals surface area contributed by atoms with Crippen molar-refractivity contribution in [2.75, 3.05) is 31.5 Å².